The van der Waals surface area contributed by atoms with Crippen LogP contribution >= 0.6 is 0 Å². The van der Waals surface area contributed by atoms with Crippen molar-refractivity contribution in [2.45, 2.75) is 45.1 Å². The minimum absolute atomic E-state index is 0.356. The molecule has 1 aromatic heterocycles. The van der Waals surface area contributed by atoms with E-state index in [2.05, 4.69) is 23.8 Å². The zero-order valence-electron chi connectivity index (χ0n) is 12.7. The molecule has 0 aromatic carbocycles. The standard InChI is InChI=1S/C15H24N2O3/c1-10(2)11-5-7-15(18,8-6-11)13-14(20-4)17-12(19-3)9-16-13/h9-11,18H,5-8H2,1-4H3. The maximum atomic E-state index is 10.9. The van der Waals surface area contributed by atoms with Gasteiger partial charge in [0.25, 0.3) is 0 Å². The molecule has 1 aliphatic carbocycles. The van der Waals surface area contributed by atoms with Gasteiger partial charge in [-0.2, -0.15) is 4.98 Å². The van der Waals surface area contributed by atoms with Gasteiger partial charge in [-0.1, -0.05) is 13.8 Å². The molecule has 1 N–H and O–H groups in total. The number of ether oxygens (including phenoxy) is 2. The summed E-state index contributed by atoms with van der Waals surface area (Å²) >= 11 is 0. The minimum Gasteiger partial charge on any atom is -0.480 e. The second kappa shape index (κ2) is 5.95. The van der Waals surface area contributed by atoms with Gasteiger partial charge in [-0.05, 0) is 37.5 Å². The number of aliphatic hydroxyl groups is 1. The van der Waals surface area contributed by atoms with Crippen LogP contribution < -0.4 is 9.47 Å². The molecule has 5 nitrogen and oxygen atoms in total. The van der Waals surface area contributed by atoms with E-state index >= 15 is 0 Å². The molecule has 0 radical (unpaired) electrons. The third kappa shape index (κ3) is 2.87. The first-order valence-corrected chi connectivity index (χ1v) is 7.18. The Kier molecular flexibility index (Phi) is 4.48. The summed E-state index contributed by atoms with van der Waals surface area (Å²) in [5.74, 6) is 2.08. The van der Waals surface area contributed by atoms with Gasteiger partial charge in [0, 0.05) is 0 Å². The molecule has 0 spiro atoms. The van der Waals surface area contributed by atoms with Crippen molar-refractivity contribution in [3.8, 4) is 11.8 Å². The maximum Gasteiger partial charge on any atom is 0.241 e. The van der Waals surface area contributed by atoms with E-state index in [1.165, 1.54) is 20.4 Å². The van der Waals surface area contributed by atoms with Gasteiger partial charge in [0.1, 0.15) is 11.3 Å². The van der Waals surface area contributed by atoms with Crippen LogP contribution in [0.5, 0.6) is 11.8 Å². The van der Waals surface area contributed by atoms with E-state index in [4.69, 9.17) is 9.47 Å². The molecule has 0 amide bonds. The molecule has 1 aromatic rings. The third-order valence-electron chi connectivity index (χ3n) is 4.36. The lowest BCUT2D eigenvalue weighted by atomic mass is 9.73. The van der Waals surface area contributed by atoms with Gasteiger partial charge in [-0.25, -0.2) is 4.98 Å². The summed E-state index contributed by atoms with van der Waals surface area (Å²) in [5.41, 5.74) is -0.404. The second-order valence-corrected chi connectivity index (χ2v) is 5.88. The summed E-state index contributed by atoms with van der Waals surface area (Å²) in [6.45, 7) is 4.48. The Morgan fingerprint density at radius 2 is 1.90 bits per heavy atom. The van der Waals surface area contributed by atoms with Crippen LogP contribution in [0.3, 0.4) is 0 Å². The Morgan fingerprint density at radius 1 is 1.25 bits per heavy atom. The van der Waals surface area contributed by atoms with Gasteiger partial charge >= 0.3 is 0 Å². The van der Waals surface area contributed by atoms with E-state index in [0.29, 0.717) is 42.1 Å². The molecule has 1 aliphatic rings. The van der Waals surface area contributed by atoms with Crippen LogP contribution in [0.4, 0.5) is 0 Å². The predicted molar refractivity (Wildman–Crippen MR) is 75.8 cm³/mol. The summed E-state index contributed by atoms with van der Waals surface area (Å²) in [6, 6.07) is 0. The van der Waals surface area contributed by atoms with Gasteiger partial charge in [-0.3, -0.25) is 0 Å². The second-order valence-electron chi connectivity index (χ2n) is 5.88. The first-order chi connectivity index (χ1) is 9.50. The molecule has 0 unspecified atom stereocenters. The number of aromatic nitrogens is 2. The van der Waals surface area contributed by atoms with Crippen LogP contribution in [0, 0.1) is 11.8 Å². The molecule has 1 saturated carbocycles. The maximum absolute atomic E-state index is 10.9. The monoisotopic (exact) mass is 280 g/mol. The van der Waals surface area contributed by atoms with Crippen LogP contribution in [0.25, 0.3) is 0 Å². The summed E-state index contributed by atoms with van der Waals surface area (Å²) in [5, 5.41) is 10.9. The number of hydrogen-bond donors (Lipinski definition) is 1. The van der Waals surface area contributed by atoms with Crippen molar-refractivity contribution in [2.24, 2.45) is 11.8 Å². The van der Waals surface area contributed by atoms with Crippen molar-refractivity contribution in [2.75, 3.05) is 14.2 Å². The highest BCUT2D eigenvalue weighted by Gasteiger charge is 2.39. The molecule has 0 saturated heterocycles. The van der Waals surface area contributed by atoms with Crippen molar-refractivity contribution in [3.05, 3.63) is 11.9 Å². The Morgan fingerprint density at radius 3 is 2.40 bits per heavy atom. The fourth-order valence-electron chi connectivity index (χ4n) is 2.94. The molecule has 1 fully saturated rings. The molecule has 1 heterocycles. The smallest absolute Gasteiger partial charge is 0.241 e. The zero-order valence-corrected chi connectivity index (χ0v) is 12.7. The largest absolute Gasteiger partial charge is 0.480 e. The molecule has 5 heteroatoms. The number of methoxy groups -OCH3 is 2. The van der Waals surface area contributed by atoms with E-state index in [-0.39, 0.29) is 0 Å². The van der Waals surface area contributed by atoms with Crippen molar-refractivity contribution in [1.29, 1.82) is 0 Å². The lowest BCUT2D eigenvalue weighted by Crippen LogP contribution is -2.34. The van der Waals surface area contributed by atoms with Crippen molar-refractivity contribution in [3.63, 3.8) is 0 Å². The SMILES string of the molecule is COc1cnc(C2(O)CCC(C(C)C)CC2)c(OC)n1. The summed E-state index contributed by atoms with van der Waals surface area (Å²) in [4.78, 5) is 8.54. The first kappa shape index (κ1) is 15.0. The fourth-order valence-corrected chi connectivity index (χ4v) is 2.94. The summed E-state index contributed by atoms with van der Waals surface area (Å²) in [6.07, 6.45) is 4.95. The Bertz CT molecular complexity index is 454. The van der Waals surface area contributed by atoms with Gasteiger partial charge in [-0.15, -0.1) is 0 Å². The fraction of sp³-hybridized carbons (Fsp3) is 0.733. The summed E-state index contributed by atoms with van der Waals surface area (Å²) < 4.78 is 10.3. The average Bonchev–Trinajstić information content (AvgIpc) is 2.46. The van der Waals surface area contributed by atoms with E-state index in [9.17, 15) is 5.11 Å². The lowest BCUT2D eigenvalue weighted by Gasteiger charge is -2.37. The quantitative estimate of drug-likeness (QED) is 0.918. The van der Waals surface area contributed by atoms with Gasteiger partial charge in [0.05, 0.1) is 20.4 Å². The normalized spacial score (nSPS) is 26.6. The highest BCUT2D eigenvalue weighted by Crippen LogP contribution is 2.43. The van der Waals surface area contributed by atoms with Crippen LogP contribution in [0.15, 0.2) is 6.20 Å². The van der Waals surface area contributed by atoms with E-state index in [0.717, 1.165) is 12.8 Å². The van der Waals surface area contributed by atoms with Gasteiger partial charge < -0.3 is 14.6 Å². The number of nitrogens with zero attached hydrogens (tertiary/aromatic N) is 2. The molecule has 20 heavy (non-hydrogen) atoms. The molecule has 2 rings (SSSR count). The molecule has 0 atom stereocenters. The highest BCUT2D eigenvalue weighted by molar-refractivity contribution is 5.28. The van der Waals surface area contributed by atoms with Crippen molar-refractivity contribution in [1.82, 2.24) is 9.97 Å². The Hall–Kier alpha value is -1.36. The predicted octanol–water partition coefficient (Wildman–Crippen LogP) is 2.53. The minimum atomic E-state index is -0.935. The number of rotatable bonds is 4. The summed E-state index contributed by atoms with van der Waals surface area (Å²) in [7, 11) is 3.07. The van der Waals surface area contributed by atoms with Gasteiger partial charge in [0.2, 0.25) is 11.8 Å². The molecular formula is C15H24N2O3. The Labute approximate surface area is 120 Å². The highest BCUT2D eigenvalue weighted by atomic mass is 16.5. The van der Waals surface area contributed by atoms with E-state index in [1.54, 1.807) is 0 Å². The third-order valence-corrected chi connectivity index (χ3v) is 4.36. The first-order valence-electron chi connectivity index (χ1n) is 7.18. The topological polar surface area (TPSA) is 64.5 Å². The van der Waals surface area contributed by atoms with Crippen molar-refractivity contribution >= 4 is 0 Å². The van der Waals surface area contributed by atoms with E-state index in [1.807, 2.05) is 0 Å². The van der Waals surface area contributed by atoms with Gasteiger partial charge in [0.15, 0.2) is 0 Å². The van der Waals surface area contributed by atoms with E-state index < -0.39 is 5.60 Å². The molecule has 0 bridgehead atoms. The van der Waals surface area contributed by atoms with Crippen molar-refractivity contribution < 1.29 is 14.6 Å². The molecular weight excluding hydrogens is 256 g/mol. The number of hydrogen-bond acceptors (Lipinski definition) is 5. The zero-order chi connectivity index (χ0) is 14.8. The average molecular weight is 280 g/mol. The Balaban J connectivity index is 2.23. The van der Waals surface area contributed by atoms with Crippen LogP contribution in [-0.2, 0) is 5.60 Å². The van der Waals surface area contributed by atoms with Crippen LogP contribution in [0.1, 0.15) is 45.2 Å². The van der Waals surface area contributed by atoms with Crippen LogP contribution in [0.2, 0.25) is 0 Å². The lowest BCUT2D eigenvalue weighted by molar-refractivity contribution is -0.0259. The van der Waals surface area contributed by atoms with Crippen LogP contribution in [-0.4, -0.2) is 29.3 Å². The molecule has 112 valence electrons. The molecule has 0 aliphatic heterocycles.